The normalized spacial score (nSPS) is 13.8. The third kappa shape index (κ3) is 45.9. The van der Waals surface area contributed by atoms with Crippen LogP contribution in [-0.4, -0.2) is 46.9 Å². The molecule has 0 aromatic heterocycles. The van der Waals surface area contributed by atoms with Crippen molar-refractivity contribution in [2.75, 3.05) is 6.61 Å². The molecule has 0 aliphatic heterocycles. The van der Waals surface area contributed by atoms with Gasteiger partial charge in [0, 0.05) is 6.42 Å². The van der Waals surface area contributed by atoms with Crippen molar-refractivity contribution in [2.45, 2.75) is 277 Å². The van der Waals surface area contributed by atoms with Crippen molar-refractivity contribution in [3.05, 3.63) is 72.9 Å². The molecule has 0 aromatic rings. The number of nitrogens with one attached hydrogen (secondary N) is 1. The molecule has 0 saturated heterocycles. The molecule has 1 amide bonds. The summed E-state index contributed by atoms with van der Waals surface area (Å²) in [4.78, 5) is 26.1. The second-order valence-electron chi connectivity index (χ2n) is 18.3. The van der Waals surface area contributed by atoms with E-state index in [9.17, 15) is 19.8 Å². The summed E-state index contributed by atoms with van der Waals surface area (Å²) in [6.07, 6.45) is 65.7. The first-order valence-electron chi connectivity index (χ1n) is 27.2. The van der Waals surface area contributed by atoms with Gasteiger partial charge in [-0.15, -0.1) is 0 Å². The summed E-state index contributed by atoms with van der Waals surface area (Å²) >= 11 is 0. The minimum absolute atomic E-state index is 0.0469. The molecule has 3 unspecified atom stereocenters. The maximum absolute atomic E-state index is 13.2. The Morgan fingerprint density at radius 3 is 1.19 bits per heavy atom. The van der Waals surface area contributed by atoms with Gasteiger partial charge in [-0.3, -0.25) is 9.59 Å². The third-order valence-corrected chi connectivity index (χ3v) is 12.0. The summed E-state index contributed by atoms with van der Waals surface area (Å²) in [7, 11) is 0. The van der Waals surface area contributed by atoms with Gasteiger partial charge in [-0.25, -0.2) is 0 Å². The molecular formula is C58H103NO5. The second-order valence-corrected chi connectivity index (χ2v) is 18.3. The van der Waals surface area contributed by atoms with Gasteiger partial charge in [0.2, 0.25) is 5.91 Å². The predicted octanol–water partition coefficient (Wildman–Crippen LogP) is 16.6. The average molecular weight is 894 g/mol. The van der Waals surface area contributed by atoms with E-state index in [1.807, 2.05) is 6.08 Å². The fourth-order valence-electron chi connectivity index (χ4n) is 7.96. The number of carbonyl (C=O) groups is 2. The molecule has 0 radical (unpaired) electrons. The lowest BCUT2D eigenvalue weighted by atomic mass is 10.0. The summed E-state index contributed by atoms with van der Waals surface area (Å²) in [5.41, 5.74) is 0. The molecule has 0 spiro atoms. The molecule has 0 heterocycles. The molecule has 0 fully saturated rings. The second kappa shape index (κ2) is 51.3. The van der Waals surface area contributed by atoms with Crippen molar-refractivity contribution in [3.63, 3.8) is 0 Å². The summed E-state index contributed by atoms with van der Waals surface area (Å²) < 4.78 is 5.84. The highest BCUT2D eigenvalue weighted by atomic mass is 16.5. The van der Waals surface area contributed by atoms with Crippen LogP contribution in [0.5, 0.6) is 0 Å². The van der Waals surface area contributed by atoms with Crippen LogP contribution in [0.3, 0.4) is 0 Å². The number of carbonyl (C=O) groups excluding carboxylic acids is 2. The van der Waals surface area contributed by atoms with Crippen LogP contribution in [0.2, 0.25) is 0 Å². The van der Waals surface area contributed by atoms with E-state index in [1.165, 1.54) is 141 Å². The molecular weight excluding hydrogens is 791 g/mol. The van der Waals surface area contributed by atoms with Crippen LogP contribution in [0.4, 0.5) is 0 Å². The highest BCUT2D eigenvalue weighted by Gasteiger charge is 2.23. The maximum atomic E-state index is 13.2. The van der Waals surface area contributed by atoms with E-state index < -0.39 is 18.2 Å². The zero-order chi connectivity index (χ0) is 46.7. The van der Waals surface area contributed by atoms with Crippen LogP contribution in [0.25, 0.3) is 0 Å². The molecule has 3 atom stereocenters. The van der Waals surface area contributed by atoms with Crippen molar-refractivity contribution in [1.82, 2.24) is 5.32 Å². The molecule has 3 N–H and O–H groups in total. The molecule has 0 aromatic carbocycles. The number of esters is 1. The number of hydrogen-bond donors (Lipinski definition) is 3. The van der Waals surface area contributed by atoms with Gasteiger partial charge in [-0.1, -0.05) is 261 Å². The number of aliphatic hydroxyl groups is 2. The molecule has 0 rings (SSSR count). The Balaban J connectivity index is 4.74. The van der Waals surface area contributed by atoms with Crippen molar-refractivity contribution in [1.29, 1.82) is 0 Å². The summed E-state index contributed by atoms with van der Waals surface area (Å²) in [5.74, 6) is -0.624. The Kier molecular flexibility index (Phi) is 49.1. The topological polar surface area (TPSA) is 95.9 Å². The fourth-order valence-corrected chi connectivity index (χ4v) is 7.96. The largest absolute Gasteiger partial charge is 0.458 e. The van der Waals surface area contributed by atoms with E-state index in [0.717, 1.165) is 70.6 Å². The minimum atomic E-state index is -0.821. The fraction of sp³-hybridized carbons (Fsp3) is 0.759. The smallest absolute Gasteiger partial charge is 0.306 e. The lowest BCUT2D eigenvalue weighted by molar-refractivity contribution is -0.148. The number of amides is 1. The lowest BCUT2D eigenvalue weighted by Crippen LogP contribution is -2.46. The van der Waals surface area contributed by atoms with E-state index in [2.05, 4.69) is 86.8 Å². The molecule has 0 aliphatic rings. The van der Waals surface area contributed by atoms with Gasteiger partial charge >= 0.3 is 5.97 Å². The highest BCUT2D eigenvalue weighted by Crippen LogP contribution is 2.17. The number of rotatable bonds is 48. The monoisotopic (exact) mass is 894 g/mol. The number of allylic oxidation sites excluding steroid dienone is 11. The van der Waals surface area contributed by atoms with Gasteiger partial charge < -0.3 is 20.3 Å². The number of hydrogen-bond acceptors (Lipinski definition) is 5. The molecule has 6 nitrogen and oxygen atoms in total. The first-order chi connectivity index (χ1) is 31.5. The van der Waals surface area contributed by atoms with Crippen LogP contribution in [0.15, 0.2) is 72.9 Å². The van der Waals surface area contributed by atoms with E-state index in [1.54, 1.807) is 6.08 Å². The molecule has 0 aliphatic carbocycles. The summed E-state index contributed by atoms with van der Waals surface area (Å²) in [6, 6.07) is -0.744. The molecule has 370 valence electrons. The van der Waals surface area contributed by atoms with Crippen LogP contribution >= 0.6 is 0 Å². The Hall–Kier alpha value is -2.70. The van der Waals surface area contributed by atoms with Crippen LogP contribution in [0, 0.1) is 0 Å². The average Bonchev–Trinajstić information content (AvgIpc) is 3.29. The lowest BCUT2D eigenvalue weighted by Gasteiger charge is -2.23. The Morgan fingerprint density at radius 1 is 0.469 bits per heavy atom. The maximum Gasteiger partial charge on any atom is 0.306 e. The van der Waals surface area contributed by atoms with Crippen LogP contribution in [-0.2, 0) is 14.3 Å². The molecule has 64 heavy (non-hydrogen) atoms. The van der Waals surface area contributed by atoms with Gasteiger partial charge in [0.15, 0.2) is 0 Å². The van der Waals surface area contributed by atoms with Crippen LogP contribution < -0.4 is 5.32 Å². The minimum Gasteiger partial charge on any atom is -0.458 e. The van der Waals surface area contributed by atoms with E-state index >= 15 is 0 Å². The van der Waals surface area contributed by atoms with Gasteiger partial charge in [0.05, 0.1) is 25.2 Å². The third-order valence-electron chi connectivity index (χ3n) is 12.0. The Bertz CT molecular complexity index is 1190. The Labute approximate surface area is 396 Å². The summed E-state index contributed by atoms with van der Waals surface area (Å²) in [6.45, 7) is 6.34. The zero-order valence-corrected chi connectivity index (χ0v) is 42.1. The highest BCUT2D eigenvalue weighted by molar-refractivity contribution is 5.78. The van der Waals surface area contributed by atoms with Gasteiger partial charge in [0.1, 0.15) is 6.10 Å². The van der Waals surface area contributed by atoms with E-state index in [0.29, 0.717) is 19.3 Å². The molecule has 0 bridgehead atoms. The van der Waals surface area contributed by atoms with Gasteiger partial charge in [-0.05, 0) is 57.4 Å². The number of aliphatic hydroxyl groups excluding tert-OH is 2. The van der Waals surface area contributed by atoms with E-state index in [4.69, 9.17) is 4.74 Å². The van der Waals surface area contributed by atoms with Crippen LogP contribution in [0.1, 0.15) is 258 Å². The van der Waals surface area contributed by atoms with Crippen molar-refractivity contribution in [3.8, 4) is 0 Å². The molecule has 0 saturated carbocycles. The number of ether oxygens (including phenoxy) is 1. The first kappa shape index (κ1) is 61.3. The zero-order valence-electron chi connectivity index (χ0n) is 42.1. The van der Waals surface area contributed by atoms with E-state index in [-0.39, 0.29) is 24.9 Å². The van der Waals surface area contributed by atoms with Crippen molar-refractivity contribution < 1.29 is 24.5 Å². The van der Waals surface area contributed by atoms with Gasteiger partial charge in [-0.2, -0.15) is 0 Å². The summed E-state index contributed by atoms with van der Waals surface area (Å²) in [5, 5.41) is 23.7. The predicted molar refractivity (Wildman–Crippen MR) is 278 cm³/mol. The van der Waals surface area contributed by atoms with Crippen molar-refractivity contribution >= 4 is 11.9 Å². The quantitative estimate of drug-likeness (QED) is 0.0321. The SMILES string of the molecule is CC/C=C\C/C=C\C/C=C\C/C=C\C/C=C\C/C=C\C(CC(=O)NC(CO)C(O)CCCCCCCCCCCCCC)OC(=O)CCCCCCCCCCCCCCCCCC. The Morgan fingerprint density at radius 2 is 0.812 bits per heavy atom. The standard InChI is InChI=1S/C58H103NO5/c1-4-7-10-13-16-19-22-25-27-29-30-32-34-37-40-43-46-49-54(64-58(63)51-48-45-42-39-36-33-31-28-26-23-20-17-14-11-8-5-2)52-57(62)59-55(53-60)56(61)50-47-44-41-38-35-24-21-18-15-12-9-6-3/h7,10,16,19,25,27,30,32,37,40,46,49,54-56,60-61H,4-6,8-9,11-15,17-18,20-24,26,28-29,31,33-36,38-39,41-45,47-48,50-53H2,1-3H3,(H,59,62)/b10-7-,19-16-,27-25-,32-30-,40-37-,49-46-. The number of unbranched alkanes of at least 4 members (excludes halogenated alkanes) is 26. The van der Waals surface area contributed by atoms with Crippen molar-refractivity contribution in [2.24, 2.45) is 0 Å². The first-order valence-corrected chi connectivity index (χ1v) is 27.2. The van der Waals surface area contributed by atoms with Gasteiger partial charge in [0.25, 0.3) is 0 Å². The molecule has 6 heteroatoms.